The first-order valence-corrected chi connectivity index (χ1v) is 8.01. The molecule has 0 unspecified atom stereocenters. The lowest BCUT2D eigenvalue weighted by Crippen LogP contribution is -2.35. The lowest BCUT2D eigenvalue weighted by Gasteiger charge is -2.23. The van der Waals surface area contributed by atoms with Gasteiger partial charge in [-0.15, -0.1) is 0 Å². The molecule has 0 saturated carbocycles. The molecule has 0 aliphatic rings. The number of rotatable bonds is 14. The Hall–Kier alpha value is -0.160. The second kappa shape index (κ2) is 14.3. The van der Waals surface area contributed by atoms with Crippen LogP contribution < -0.4 is 5.32 Å². The molecule has 0 rings (SSSR count). The van der Waals surface area contributed by atoms with E-state index in [4.69, 9.17) is 4.74 Å². The van der Waals surface area contributed by atoms with Crippen molar-refractivity contribution in [3.05, 3.63) is 0 Å². The van der Waals surface area contributed by atoms with Crippen LogP contribution in [0.4, 0.5) is 0 Å². The van der Waals surface area contributed by atoms with E-state index in [2.05, 4.69) is 35.9 Å². The second-order valence-corrected chi connectivity index (χ2v) is 4.76. The fourth-order valence-electron chi connectivity index (χ4n) is 2.14. The van der Waals surface area contributed by atoms with Gasteiger partial charge in [0.05, 0.1) is 6.61 Å². The minimum absolute atomic E-state index is 0.814. The van der Waals surface area contributed by atoms with Crippen LogP contribution >= 0.6 is 0 Å². The van der Waals surface area contributed by atoms with Gasteiger partial charge in [0.2, 0.25) is 0 Å². The minimum Gasteiger partial charge on any atom is -0.380 e. The fourth-order valence-corrected chi connectivity index (χ4v) is 2.14. The first-order valence-electron chi connectivity index (χ1n) is 8.01. The molecule has 0 atom stereocenters. The average Bonchev–Trinajstić information content (AvgIpc) is 2.45. The predicted octanol–water partition coefficient (Wildman–Crippen LogP) is 1.67. The summed E-state index contributed by atoms with van der Waals surface area (Å²) < 4.78 is 5.30. The van der Waals surface area contributed by atoms with Crippen LogP contribution in [0.2, 0.25) is 0 Å². The number of nitrogens with zero attached hydrogens (tertiary/aromatic N) is 2. The monoisotopic (exact) mass is 273 g/mol. The molecule has 0 aromatic rings. The van der Waals surface area contributed by atoms with Crippen molar-refractivity contribution in [3.8, 4) is 0 Å². The molecule has 0 amide bonds. The van der Waals surface area contributed by atoms with Gasteiger partial charge in [0.15, 0.2) is 0 Å². The van der Waals surface area contributed by atoms with Gasteiger partial charge >= 0.3 is 0 Å². The Kier molecular flexibility index (Phi) is 14.1. The van der Waals surface area contributed by atoms with Gasteiger partial charge in [-0.3, -0.25) is 0 Å². The van der Waals surface area contributed by atoms with Crippen LogP contribution in [0.15, 0.2) is 0 Å². The molecule has 0 aromatic carbocycles. The molecule has 0 aliphatic heterocycles. The normalized spacial score (nSPS) is 11.7. The summed E-state index contributed by atoms with van der Waals surface area (Å²) in [5, 5.41) is 3.43. The lowest BCUT2D eigenvalue weighted by molar-refractivity contribution is 0.148. The summed E-state index contributed by atoms with van der Waals surface area (Å²) in [6, 6.07) is 0. The molecular formula is C15H35N3O. The second-order valence-electron chi connectivity index (χ2n) is 4.76. The molecule has 1 N–H and O–H groups in total. The summed E-state index contributed by atoms with van der Waals surface area (Å²) in [4.78, 5) is 5.02. The van der Waals surface area contributed by atoms with Gasteiger partial charge in [0.25, 0.3) is 0 Å². The van der Waals surface area contributed by atoms with Gasteiger partial charge in [-0.25, -0.2) is 0 Å². The van der Waals surface area contributed by atoms with E-state index in [0.29, 0.717) is 0 Å². The highest BCUT2D eigenvalue weighted by atomic mass is 16.5. The summed E-state index contributed by atoms with van der Waals surface area (Å²) in [6.07, 6.45) is 1.27. The van der Waals surface area contributed by atoms with E-state index in [1.165, 1.54) is 32.6 Å². The van der Waals surface area contributed by atoms with Gasteiger partial charge in [0, 0.05) is 26.2 Å². The van der Waals surface area contributed by atoms with Crippen LogP contribution in [0.5, 0.6) is 0 Å². The van der Waals surface area contributed by atoms with E-state index in [-0.39, 0.29) is 0 Å². The highest BCUT2D eigenvalue weighted by molar-refractivity contribution is 4.60. The lowest BCUT2D eigenvalue weighted by atomic mass is 10.3. The number of likely N-dealkylation sites (N-methyl/N-ethyl adjacent to an activating group) is 1. The van der Waals surface area contributed by atoms with Gasteiger partial charge in [-0.1, -0.05) is 20.8 Å². The van der Waals surface area contributed by atoms with E-state index in [1.54, 1.807) is 0 Å². The molecule has 0 aliphatic carbocycles. The highest BCUT2D eigenvalue weighted by Crippen LogP contribution is 1.95. The van der Waals surface area contributed by atoms with Crippen LogP contribution in [-0.4, -0.2) is 75.4 Å². The molecular weight excluding hydrogens is 238 g/mol. The quantitative estimate of drug-likeness (QED) is 0.487. The van der Waals surface area contributed by atoms with E-state index in [0.717, 1.165) is 39.4 Å². The van der Waals surface area contributed by atoms with Crippen molar-refractivity contribution in [1.29, 1.82) is 0 Å². The van der Waals surface area contributed by atoms with Crippen LogP contribution in [0, 0.1) is 0 Å². The van der Waals surface area contributed by atoms with Crippen LogP contribution in [0.3, 0.4) is 0 Å². The Morgan fingerprint density at radius 3 is 2.00 bits per heavy atom. The largest absolute Gasteiger partial charge is 0.380 e. The average molecular weight is 273 g/mol. The maximum atomic E-state index is 5.30. The number of ether oxygens (including phenoxy) is 1. The first kappa shape index (κ1) is 18.8. The van der Waals surface area contributed by atoms with Crippen molar-refractivity contribution >= 4 is 0 Å². The SMILES string of the molecule is CCOCCNCCN(CC)CCCN(CC)CC. The minimum atomic E-state index is 0.814. The fraction of sp³-hybridized carbons (Fsp3) is 1.00. The number of hydrogen-bond acceptors (Lipinski definition) is 4. The molecule has 0 radical (unpaired) electrons. The third-order valence-corrected chi connectivity index (χ3v) is 3.52. The zero-order valence-electron chi connectivity index (χ0n) is 13.6. The number of nitrogens with one attached hydrogen (secondary N) is 1. The molecule has 0 aromatic heterocycles. The maximum Gasteiger partial charge on any atom is 0.0590 e. The molecule has 4 heteroatoms. The molecule has 116 valence electrons. The zero-order chi connectivity index (χ0) is 14.3. The zero-order valence-corrected chi connectivity index (χ0v) is 13.6. The Morgan fingerprint density at radius 1 is 0.789 bits per heavy atom. The molecule has 0 heterocycles. The summed E-state index contributed by atoms with van der Waals surface area (Å²) in [5.41, 5.74) is 0. The summed E-state index contributed by atoms with van der Waals surface area (Å²) in [7, 11) is 0. The summed E-state index contributed by atoms with van der Waals surface area (Å²) in [5.74, 6) is 0. The van der Waals surface area contributed by atoms with Gasteiger partial charge in [-0.2, -0.15) is 0 Å². The van der Waals surface area contributed by atoms with E-state index in [9.17, 15) is 0 Å². The van der Waals surface area contributed by atoms with Crippen molar-refractivity contribution in [2.45, 2.75) is 34.1 Å². The van der Waals surface area contributed by atoms with Crippen molar-refractivity contribution in [1.82, 2.24) is 15.1 Å². The summed E-state index contributed by atoms with van der Waals surface area (Å²) >= 11 is 0. The van der Waals surface area contributed by atoms with Crippen LogP contribution in [-0.2, 0) is 4.74 Å². The third-order valence-electron chi connectivity index (χ3n) is 3.52. The third kappa shape index (κ3) is 11.4. The molecule has 0 bridgehead atoms. The van der Waals surface area contributed by atoms with Gasteiger partial charge in [0.1, 0.15) is 0 Å². The van der Waals surface area contributed by atoms with E-state index >= 15 is 0 Å². The number of hydrogen-bond donors (Lipinski definition) is 1. The van der Waals surface area contributed by atoms with Crippen molar-refractivity contribution in [2.24, 2.45) is 0 Å². The standard InChI is InChI=1S/C15H35N3O/c1-5-17(6-2)12-9-13-18(7-3)14-10-16-11-15-19-8-4/h16H,5-15H2,1-4H3. The molecule has 0 spiro atoms. The predicted molar refractivity (Wildman–Crippen MR) is 83.9 cm³/mol. The van der Waals surface area contributed by atoms with Gasteiger partial charge < -0.3 is 19.9 Å². The van der Waals surface area contributed by atoms with E-state index < -0.39 is 0 Å². The van der Waals surface area contributed by atoms with Crippen molar-refractivity contribution in [2.75, 3.05) is 65.6 Å². The van der Waals surface area contributed by atoms with Crippen molar-refractivity contribution in [3.63, 3.8) is 0 Å². The first-order chi connectivity index (χ1) is 9.28. The molecule has 0 fully saturated rings. The summed E-state index contributed by atoms with van der Waals surface area (Å²) in [6.45, 7) is 19.5. The van der Waals surface area contributed by atoms with Gasteiger partial charge in [-0.05, 0) is 46.1 Å². The molecule has 19 heavy (non-hydrogen) atoms. The Labute approximate surface area is 120 Å². The van der Waals surface area contributed by atoms with Crippen LogP contribution in [0.1, 0.15) is 34.1 Å². The smallest absolute Gasteiger partial charge is 0.0590 e. The Bertz CT molecular complexity index is 175. The Morgan fingerprint density at radius 2 is 1.42 bits per heavy atom. The molecule has 4 nitrogen and oxygen atoms in total. The Balaban J connectivity index is 3.49. The molecule has 0 saturated heterocycles. The highest BCUT2D eigenvalue weighted by Gasteiger charge is 2.03. The topological polar surface area (TPSA) is 27.7 Å². The maximum absolute atomic E-state index is 5.30. The van der Waals surface area contributed by atoms with Crippen LogP contribution in [0.25, 0.3) is 0 Å². The van der Waals surface area contributed by atoms with E-state index in [1.807, 2.05) is 6.92 Å². The van der Waals surface area contributed by atoms with Crippen molar-refractivity contribution < 1.29 is 4.74 Å².